The second-order valence-electron chi connectivity index (χ2n) is 11.9. The molecule has 4 aromatic rings. The van der Waals surface area contributed by atoms with Crippen molar-refractivity contribution in [1.82, 2.24) is 14.5 Å². The first-order chi connectivity index (χ1) is 22.0. The number of phenols is 1. The Labute approximate surface area is 274 Å². The minimum Gasteiger partial charge on any atom is -0.507 e. The molecule has 0 unspecified atom stereocenters. The van der Waals surface area contributed by atoms with Gasteiger partial charge in [0.05, 0.1) is 33.2 Å². The lowest BCUT2D eigenvalue weighted by Gasteiger charge is -2.41. The Bertz CT molecular complexity index is 2130. The molecule has 47 heavy (non-hydrogen) atoms. The van der Waals surface area contributed by atoms with Crippen LogP contribution in [-0.2, 0) is 14.6 Å². The van der Waals surface area contributed by atoms with Crippen molar-refractivity contribution in [2.45, 2.75) is 44.6 Å². The van der Waals surface area contributed by atoms with Crippen LogP contribution >= 0.6 is 11.6 Å². The van der Waals surface area contributed by atoms with Crippen molar-refractivity contribution in [2.75, 3.05) is 30.8 Å². The molecule has 5 rings (SSSR count). The molecule has 1 atom stereocenters. The predicted molar refractivity (Wildman–Crippen MR) is 175 cm³/mol. The Morgan fingerprint density at radius 2 is 1.83 bits per heavy atom. The van der Waals surface area contributed by atoms with Crippen LogP contribution in [0, 0.1) is 18.6 Å². The van der Waals surface area contributed by atoms with E-state index in [1.54, 1.807) is 33.8 Å². The lowest BCUT2D eigenvalue weighted by atomic mass is 9.98. The van der Waals surface area contributed by atoms with Crippen LogP contribution in [0.15, 0.2) is 58.6 Å². The van der Waals surface area contributed by atoms with Crippen molar-refractivity contribution in [3.8, 4) is 22.6 Å². The summed E-state index contributed by atoms with van der Waals surface area (Å²) in [4.78, 5) is 33.6. The number of phenolic OH excluding ortho intramolecular Hbond substituents is 1. The number of anilines is 1. The normalized spacial score (nSPS) is 15.5. The molecule has 248 valence electrons. The molecular formula is C33H32ClF3N4O5S. The van der Waals surface area contributed by atoms with E-state index in [2.05, 4.69) is 11.6 Å². The first kappa shape index (κ1) is 34.0. The summed E-state index contributed by atoms with van der Waals surface area (Å²) in [5, 5.41) is 10.1. The summed E-state index contributed by atoms with van der Waals surface area (Å²) in [5.41, 5.74) is -1.85. The molecule has 14 heteroatoms. The summed E-state index contributed by atoms with van der Waals surface area (Å²) in [5.74, 6) is -5.21. The Morgan fingerprint density at radius 1 is 1.15 bits per heavy atom. The van der Waals surface area contributed by atoms with Gasteiger partial charge in [-0.15, -0.1) is 0 Å². The van der Waals surface area contributed by atoms with Crippen LogP contribution in [0.25, 0.3) is 27.7 Å². The minimum absolute atomic E-state index is 0.0668. The largest absolute Gasteiger partial charge is 0.507 e. The van der Waals surface area contributed by atoms with Gasteiger partial charge >= 0.3 is 0 Å². The molecule has 0 radical (unpaired) electrons. The maximum Gasteiger partial charge on any atom is 0.282 e. The topological polar surface area (TPSA) is 113 Å². The van der Waals surface area contributed by atoms with Crippen LogP contribution in [0.3, 0.4) is 0 Å². The van der Waals surface area contributed by atoms with E-state index in [0.29, 0.717) is 11.3 Å². The molecular weight excluding hydrogens is 657 g/mol. The number of sulfone groups is 1. The van der Waals surface area contributed by atoms with Crippen LogP contribution in [0.1, 0.15) is 37.9 Å². The first-order valence-corrected chi connectivity index (χ1v) is 16.9. The molecule has 2 aromatic carbocycles. The number of carbonyl (C=O) groups is 1. The number of carbonyl (C=O) groups excluding carboxylic acids is 1. The molecule has 0 bridgehead atoms. The molecule has 1 aliphatic rings. The molecule has 1 aliphatic heterocycles. The van der Waals surface area contributed by atoms with Gasteiger partial charge in [0.25, 0.3) is 11.5 Å². The second kappa shape index (κ2) is 12.3. The molecule has 1 saturated heterocycles. The van der Waals surface area contributed by atoms with E-state index in [0.717, 1.165) is 23.0 Å². The minimum atomic E-state index is -4.36. The third kappa shape index (κ3) is 5.75. The third-order valence-corrected chi connectivity index (χ3v) is 9.67. The fourth-order valence-electron chi connectivity index (χ4n) is 6.19. The van der Waals surface area contributed by atoms with Gasteiger partial charge in [0.1, 0.15) is 11.6 Å². The standard InChI is InChI=1S/C33H32ClF3N4O5S/c1-16(2)27-28(17(3)10-11-38-27)41-29-20(14-21(34)24(26(29)37)25-22(36)8-7-9-23(25)42)30(31(33(41)44)47(6,45)46)39-12-13-40(18(4)15-39)32(43)19(5)35/h7-11,14,16,18,42H,5,12-13,15H2,1-4,6H3/t18-/m1/s1. The van der Waals surface area contributed by atoms with Crippen molar-refractivity contribution < 1.29 is 31.5 Å². The van der Waals surface area contributed by atoms with E-state index in [1.807, 2.05) is 0 Å². The van der Waals surface area contributed by atoms with Crippen molar-refractivity contribution in [3.05, 3.63) is 87.2 Å². The highest BCUT2D eigenvalue weighted by Gasteiger charge is 2.36. The maximum absolute atomic E-state index is 17.3. The zero-order valence-electron chi connectivity index (χ0n) is 26.2. The van der Waals surface area contributed by atoms with Crippen molar-refractivity contribution >= 4 is 43.9 Å². The number of rotatable bonds is 6. The molecule has 0 saturated carbocycles. The van der Waals surface area contributed by atoms with Gasteiger partial charge in [-0.1, -0.05) is 38.1 Å². The Morgan fingerprint density at radius 3 is 2.40 bits per heavy atom. The van der Waals surface area contributed by atoms with Gasteiger partial charge in [-0.05, 0) is 49.6 Å². The lowest BCUT2D eigenvalue weighted by molar-refractivity contribution is -0.131. The summed E-state index contributed by atoms with van der Waals surface area (Å²) >= 11 is 6.65. The van der Waals surface area contributed by atoms with Crippen LogP contribution in [-0.4, -0.2) is 65.8 Å². The number of halogens is 4. The number of aromatic nitrogens is 2. The van der Waals surface area contributed by atoms with E-state index in [1.165, 1.54) is 28.1 Å². The Hall–Kier alpha value is -4.36. The van der Waals surface area contributed by atoms with Crippen molar-refractivity contribution in [3.63, 3.8) is 0 Å². The van der Waals surface area contributed by atoms with Gasteiger partial charge < -0.3 is 14.9 Å². The average Bonchev–Trinajstić information content (AvgIpc) is 2.97. The van der Waals surface area contributed by atoms with Crippen LogP contribution in [0.2, 0.25) is 5.02 Å². The number of pyridine rings is 2. The maximum atomic E-state index is 17.3. The van der Waals surface area contributed by atoms with Crippen LogP contribution in [0.5, 0.6) is 5.75 Å². The number of hydrogen-bond acceptors (Lipinski definition) is 7. The molecule has 0 spiro atoms. The van der Waals surface area contributed by atoms with E-state index in [4.69, 9.17) is 11.6 Å². The van der Waals surface area contributed by atoms with E-state index in [9.17, 15) is 27.5 Å². The van der Waals surface area contributed by atoms with Gasteiger partial charge in [-0.2, -0.15) is 0 Å². The highest BCUT2D eigenvalue weighted by molar-refractivity contribution is 7.90. The van der Waals surface area contributed by atoms with Gasteiger partial charge in [-0.25, -0.2) is 21.6 Å². The number of fused-ring (bicyclic) bond motifs is 1. The summed E-state index contributed by atoms with van der Waals surface area (Å²) in [6, 6.07) is 5.52. The predicted octanol–water partition coefficient (Wildman–Crippen LogP) is 6.05. The van der Waals surface area contributed by atoms with Gasteiger partial charge in [-0.3, -0.25) is 19.1 Å². The number of benzene rings is 2. The summed E-state index contributed by atoms with van der Waals surface area (Å²) < 4.78 is 74.3. The van der Waals surface area contributed by atoms with Gasteiger partial charge in [0.15, 0.2) is 26.4 Å². The van der Waals surface area contributed by atoms with Crippen LogP contribution in [0.4, 0.5) is 18.9 Å². The zero-order chi connectivity index (χ0) is 34.7. The first-order valence-electron chi connectivity index (χ1n) is 14.6. The SMILES string of the molecule is C=C(F)C(=O)N1CCN(c2c(S(C)(=O)=O)c(=O)n(-c3c(C)ccnc3C(C)C)c3c(F)c(-c4c(O)cccc4F)c(Cl)cc23)C[C@H]1C. The molecule has 3 heterocycles. The Kier molecular flexibility index (Phi) is 8.93. The van der Waals surface area contributed by atoms with E-state index >= 15 is 8.78 Å². The van der Waals surface area contributed by atoms with E-state index in [-0.39, 0.29) is 47.3 Å². The number of aromatic hydroxyl groups is 1. The van der Waals surface area contributed by atoms with Gasteiger partial charge in [0, 0.05) is 49.1 Å². The molecule has 0 aliphatic carbocycles. The van der Waals surface area contributed by atoms with Crippen molar-refractivity contribution in [1.29, 1.82) is 0 Å². The summed E-state index contributed by atoms with van der Waals surface area (Å²) in [6.07, 6.45) is 2.36. The molecule has 1 N–H and O–H groups in total. The number of nitrogens with zero attached hydrogens (tertiary/aromatic N) is 4. The fraction of sp³-hybridized carbons (Fsp3) is 0.303. The third-order valence-electron chi connectivity index (χ3n) is 8.26. The second-order valence-corrected chi connectivity index (χ2v) is 14.2. The summed E-state index contributed by atoms with van der Waals surface area (Å²) in [6.45, 7) is 9.72. The molecule has 1 fully saturated rings. The molecule has 2 aromatic heterocycles. The smallest absolute Gasteiger partial charge is 0.282 e. The fourth-order valence-corrected chi connectivity index (χ4v) is 7.47. The number of aryl methyl sites for hydroxylation is 1. The zero-order valence-corrected chi connectivity index (χ0v) is 27.8. The number of hydrogen-bond donors (Lipinski definition) is 1. The van der Waals surface area contributed by atoms with Crippen molar-refractivity contribution in [2.24, 2.45) is 0 Å². The highest BCUT2D eigenvalue weighted by atomic mass is 35.5. The lowest BCUT2D eigenvalue weighted by Crippen LogP contribution is -2.54. The van der Waals surface area contributed by atoms with Gasteiger partial charge in [0.2, 0.25) is 0 Å². The monoisotopic (exact) mass is 688 g/mol. The summed E-state index contributed by atoms with van der Waals surface area (Å²) in [7, 11) is -4.36. The number of amides is 1. The highest BCUT2D eigenvalue weighted by Crippen LogP contribution is 2.45. The Balaban J connectivity index is 2.00. The number of piperazine rings is 1. The van der Waals surface area contributed by atoms with E-state index < -0.39 is 72.1 Å². The molecule has 9 nitrogen and oxygen atoms in total. The quantitative estimate of drug-likeness (QED) is 0.246. The molecule has 1 amide bonds. The van der Waals surface area contributed by atoms with Crippen LogP contribution < -0.4 is 10.5 Å². The average molecular weight is 689 g/mol.